The van der Waals surface area contributed by atoms with E-state index in [2.05, 4.69) is 240 Å². The Balaban J connectivity index is 1.10. The normalized spacial score (nSPS) is 14.6. The van der Waals surface area contributed by atoms with Gasteiger partial charge in [0.2, 0.25) is 0 Å². The number of nitrogens with zero attached hydrogens (tertiary/aromatic N) is 2. The maximum absolute atomic E-state index is 7.29. The molecule has 10 aromatic carbocycles. The summed E-state index contributed by atoms with van der Waals surface area (Å²) in [6.07, 6.45) is 0. The second-order valence-electron chi connectivity index (χ2n) is 16.4. The van der Waals surface area contributed by atoms with Crippen LogP contribution in [0.1, 0.15) is 0 Å². The van der Waals surface area contributed by atoms with Crippen LogP contribution in [0, 0.1) is 0 Å². The van der Waals surface area contributed by atoms with Gasteiger partial charge in [0.05, 0.1) is 27.8 Å². The third kappa shape index (κ3) is 4.93. The van der Waals surface area contributed by atoms with Crippen LogP contribution < -0.4 is 25.5 Å². The summed E-state index contributed by atoms with van der Waals surface area (Å²) in [6.45, 7) is 0. The molecule has 13 rings (SSSR count). The molecule has 0 radical (unpaired) electrons. The minimum Gasteiger partial charge on any atom is -0.455 e. The Labute approximate surface area is 360 Å². The van der Waals surface area contributed by atoms with E-state index in [0.29, 0.717) is 0 Å². The lowest BCUT2D eigenvalue weighted by Gasteiger charge is -2.41. The Morgan fingerprint density at radius 2 is 0.823 bits per heavy atom. The summed E-state index contributed by atoms with van der Waals surface area (Å²) in [5.41, 5.74) is 9.27. The van der Waals surface area contributed by atoms with E-state index in [4.69, 9.17) is 4.74 Å². The van der Waals surface area contributed by atoms with Crippen LogP contribution >= 0.6 is 0 Å². The molecule has 0 aliphatic carbocycles. The van der Waals surface area contributed by atoms with Crippen molar-refractivity contribution in [3.63, 3.8) is 0 Å². The Kier molecular flexibility index (Phi) is 7.62. The molecule has 0 amide bonds. The molecule has 2 aromatic heterocycles. The molecule has 0 N–H and O–H groups in total. The van der Waals surface area contributed by atoms with Gasteiger partial charge in [-0.3, -0.25) is 0 Å². The minimum absolute atomic E-state index is 0.909. The first-order chi connectivity index (χ1) is 30.8. The van der Waals surface area contributed by atoms with Crippen LogP contribution in [0.15, 0.2) is 231 Å². The first-order valence-electron chi connectivity index (χ1n) is 21.3. The molecule has 1 aliphatic heterocycles. The lowest BCUT2D eigenvalue weighted by molar-refractivity contribution is 0.485. The van der Waals surface area contributed by atoms with Gasteiger partial charge in [0, 0.05) is 27.2 Å². The molecular weight excluding hydrogens is 769 g/mol. The van der Waals surface area contributed by atoms with Gasteiger partial charge in [0.25, 0.3) is 0 Å². The van der Waals surface area contributed by atoms with Crippen molar-refractivity contribution in [2.75, 3.05) is 0 Å². The van der Waals surface area contributed by atoms with Gasteiger partial charge in [-0.1, -0.05) is 182 Å². The number of fused-ring (bicyclic) bond motifs is 9. The molecule has 0 saturated heterocycles. The van der Waals surface area contributed by atoms with Crippen molar-refractivity contribution in [3.05, 3.63) is 231 Å². The van der Waals surface area contributed by atoms with E-state index in [0.717, 1.165) is 33.9 Å². The van der Waals surface area contributed by atoms with E-state index in [1.54, 1.807) is 0 Å². The van der Waals surface area contributed by atoms with Gasteiger partial charge in [0.1, 0.15) is 5.75 Å². The fraction of sp³-hybridized carbons (Fsp3) is 0. The van der Waals surface area contributed by atoms with Gasteiger partial charge in [-0.05, 0) is 91.2 Å². The van der Waals surface area contributed by atoms with Crippen LogP contribution in [-0.4, -0.2) is 17.2 Å². The fourth-order valence-corrected chi connectivity index (χ4v) is 15.9. The number of ether oxygens (including phenoxy) is 1. The van der Waals surface area contributed by atoms with Crippen LogP contribution in [0.2, 0.25) is 0 Å². The molecule has 0 bridgehead atoms. The predicted octanol–water partition coefficient (Wildman–Crippen LogP) is 12.2. The van der Waals surface area contributed by atoms with Gasteiger partial charge in [-0.2, -0.15) is 0 Å². The maximum Gasteiger partial charge on any atom is 0.188 e. The highest BCUT2D eigenvalue weighted by molar-refractivity contribution is 7.21. The number of aromatic nitrogens is 2. The van der Waals surface area contributed by atoms with Crippen molar-refractivity contribution in [2.45, 2.75) is 0 Å². The van der Waals surface area contributed by atoms with Gasteiger partial charge in [-0.25, -0.2) is 0 Å². The van der Waals surface area contributed by atoms with E-state index >= 15 is 0 Å². The molecule has 0 saturated carbocycles. The molecule has 0 spiro atoms. The first kappa shape index (κ1) is 34.9. The summed E-state index contributed by atoms with van der Waals surface area (Å²) >= 11 is 0. The molecule has 3 nitrogen and oxygen atoms in total. The van der Waals surface area contributed by atoms with Crippen LogP contribution in [0.3, 0.4) is 0 Å². The summed E-state index contributed by atoms with van der Waals surface area (Å²) in [7, 11) is -3.17. The van der Waals surface area contributed by atoms with Gasteiger partial charge in [-0.15, -0.1) is 0 Å². The Hall–Kier alpha value is -7.92. The zero-order valence-corrected chi connectivity index (χ0v) is 34.7. The van der Waals surface area contributed by atoms with Crippen LogP contribution in [-0.2, 0) is 0 Å². The molecule has 1 atom stereocenters. The first-order valence-corrected chi connectivity index (χ1v) is 23.3. The smallest absolute Gasteiger partial charge is 0.188 e. The zero-order chi connectivity index (χ0) is 40.8. The molecule has 0 fully saturated rings. The molecule has 4 heteroatoms. The SMILES string of the molecule is c1cc(-c2cccc([Si]3(c4cccc5ccccc45)c4ccccc4Oc4c(-n5c6ccccc6c6ccccc65)cccc43)c2)cc(-n2c3ccccc3c3ccccc32)c1. The second kappa shape index (κ2) is 13.5. The predicted molar refractivity (Wildman–Crippen MR) is 262 cm³/mol. The quantitative estimate of drug-likeness (QED) is 0.159. The molecular formula is C58H38N2OSi. The lowest BCUT2D eigenvalue weighted by atomic mass is 10.1. The van der Waals surface area contributed by atoms with Crippen LogP contribution in [0.4, 0.5) is 0 Å². The summed E-state index contributed by atoms with van der Waals surface area (Å²) in [5, 5.41) is 12.6. The summed E-state index contributed by atoms with van der Waals surface area (Å²) in [5.74, 6) is 1.82. The Morgan fingerprint density at radius 1 is 0.339 bits per heavy atom. The van der Waals surface area contributed by atoms with Crippen LogP contribution in [0.25, 0.3) is 76.9 Å². The Bertz CT molecular complexity index is 3650. The average Bonchev–Trinajstić information content (AvgIpc) is 3.86. The molecule has 12 aromatic rings. The number of hydrogen-bond donors (Lipinski definition) is 0. The number of para-hydroxylation sites is 6. The maximum atomic E-state index is 7.29. The molecule has 62 heavy (non-hydrogen) atoms. The van der Waals surface area contributed by atoms with Crippen LogP contribution in [0.5, 0.6) is 11.5 Å². The van der Waals surface area contributed by atoms with Crippen molar-refractivity contribution in [1.82, 2.24) is 9.13 Å². The third-order valence-corrected chi connectivity index (χ3v) is 18.1. The lowest BCUT2D eigenvalue weighted by Crippen LogP contribution is -2.76. The van der Waals surface area contributed by atoms with Crippen molar-refractivity contribution < 1.29 is 4.74 Å². The summed E-state index contributed by atoms with van der Waals surface area (Å²) < 4.78 is 12.1. The van der Waals surface area contributed by atoms with Crippen molar-refractivity contribution >= 4 is 83.2 Å². The summed E-state index contributed by atoms with van der Waals surface area (Å²) in [4.78, 5) is 0. The van der Waals surface area contributed by atoms with E-state index in [-0.39, 0.29) is 0 Å². The summed E-state index contributed by atoms with van der Waals surface area (Å²) in [6, 6.07) is 84.9. The van der Waals surface area contributed by atoms with E-state index in [9.17, 15) is 0 Å². The zero-order valence-electron chi connectivity index (χ0n) is 33.7. The van der Waals surface area contributed by atoms with Crippen molar-refractivity contribution in [1.29, 1.82) is 0 Å². The molecule has 3 heterocycles. The fourth-order valence-electron chi connectivity index (χ4n) is 10.7. The van der Waals surface area contributed by atoms with E-state index < -0.39 is 8.07 Å². The molecule has 1 aliphatic rings. The van der Waals surface area contributed by atoms with E-state index in [1.807, 2.05) is 0 Å². The van der Waals surface area contributed by atoms with Gasteiger partial charge in [0.15, 0.2) is 13.8 Å². The number of rotatable bonds is 5. The highest BCUT2D eigenvalue weighted by Crippen LogP contribution is 2.40. The van der Waals surface area contributed by atoms with Gasteiger partial charge < -0.3 is 13.9 Å². The van der Waals surface area contributed by atoms with Crippen molar-refractivity contribution in [3.8, 4) is 34.0 Å². The van der Waals surface area contributed by atoms with Gasteiger partial charge >= 0.3 is 0 Å². The van der Waals surface area contributed by atoms with E-state index in [1.165, 1.54) is 75.2 Å². The number of hydrogen-bond acceptors (Lipinski definition) is 1. The molecule has 1 unspecified atom stereocenters. The topological polar surface area (TPSA) is 19.1 Å². The second-order valence-corrected chi connectivity index (χ2v) is 20.1. The average molecular weight is 807 g/mol. The number of benzene rings is 10. The minimum atomic E-state index is -3.17. The highest BCUT2D eigenvalue weighted by atomic mass is 28.3. The standard InChI is InChI=1S/C58H38N2OSi/c1-2-23-44-39(17-1)18-15-35-55(44)62(43-22-14-20-41(38-43)40-19-13-21-42(37-40)59-49-28-7-3-24-45(49)46-25-4-8-29-50(46)59)56-34-12-11-33-54(56)61-58-53(32-16-36-57(58)62)60-51-30-9-5-26-47(51)48-27-6-10-31-52(48)60/h1-38H. The Morgan fingerprint density at radius 3 is 1.52 bits per heavy atom. The molecule has 290 valence electrons. The largest absolute Gasteiger partial charge is 0.455 e. The van der Waals surface area contributed by atoms with Crippen molar-refractivity contribution in [2.24, 2.45) is 0 Å². The monoisotopic (exact) mass is 806 g/mol. The highest BCUT2D eigenvalue weighted by Gasteiger charge is 2.49. The third-order valence-electron chi connectivity index (χ3n) is 13.2.